The van der Waals surface area contributed by atoms with Crippen LogP contribution in [0, 0.1) is 12.0 Å². The van der Waals surface area contributed by atoms with Crippen LogP contribution in [0.5, 0.6) is 0 Å². The first-order valence-corrected chi connectivity index (χ1v) is 8.61. The van der Waals surface area contributed by atoms with Crippen molar-refractivity contribution in [1.82, 2.24) is 0 Å². The molecule has 0 heterocycles. The van der Waals surface area contributed by atoms with Crippen molar-refractivity contribution in [3.8, 4) is 12.0 Å². The molecule has 0 fully saturated rings. The molecule has 3 nitrogen and oxygen atoms in total. The summed E-state index contributed by atoms with van der Waals surface area (Å²) in [5, 5.41) is 8.71. The SMILES string of the molecule is CCCCCCCCC#COCc1cccc(CCC(=O)O)c1. The molecule has 0 aliphatic rings. The molecule has 23 heavy (non-hydrogen) atoms. The first-order chi connectivity index (χ1) is 11.2. The number of ether oxygens (including phenoxy) is 1. The molecule has 0 atom stereocenters. The minimum absolute atomic E-state index is 0.155. The van der Waals surface area contributed by atoms with E-state index in [4.69, 9.17) is 9.84 Å². The van der Waals surface area contributed by atoms with Crippen molar-refractivity contribution in [3.05, 3.63) is 35.4 Å². The largest absolute Gasteiger partial charge is 0.481 e. The summed E-state index contributed by atoms with van der Waals surface area (Å²) in [4.78, 5) is 10.6. The second-order valence-corrected chi connectivity index (χ2v) is 5.80. The number of hydrogen-bond donors (Lipinski definition) is 1. The molecule has 1 rings (SSSR count). The predicted molar refractivity (Wildman–Crippen MR) is 93.0 cm³/mol. The standard InChI is InChI=1S/C20H28O3/c1-2-3-4-5-6-7-8-9-15-23-17-19-12-10-11-18(16-19)13-14-20(21)22/h10-12,16H,2-8,13-14,17H2,1H3,(H,21,22). The van der Waals surface area contributed by atoms with Crippen LogP contribution in [0.3, 0.4) is 0 Å². The van der Waals surface area contributed by atoms with Gasteiger partial charge < -0.3 is 9.84 Å². The van der Waals surface area contributed by atoms with Crippen molar-refractivity contribution in [1.29, 1.82) is 0 Å². The van der Waals surface area contributed by atoms with Gasteiger partial charge in [0, 0.05) is 12.8 Å². The fourth-order valence-electron chi connectivity index (χ4n) is 2.34. The van der Waals surface area contributed by atoms with Crippen LogP contribution < -0.4 is 0 Å². The van der Waals surface area contributed by atoms with Crippen LogP contribution in [0.25, 0.3) is 0 Å². The Morgan fingerprint density at radius 3 is 2.65 bits per heavy atom. The van der Waals surface area contributed by atoms with Crippen LogP contribution in [-0.4, -0.2) is 11.1 Å². The number of carboxylic acid groups (broad SMARTS) is 1. The summed E-state index contributed by atoms with van der Waals surface area (Å²) in [5.41, 5.74) is 2.05. The fourth-order valence-corrected chi connectivity index (χ4v) is 2.34. The van der Waals surface area contributed by atoms with Gasteiger partial charge >= 0.3 is 5.97 Å². The molecule has 1 N–H and O–H groups in total. The zero-order valence-electron chi connectivity index (χ0n) is 14.1. The number of carbonyl (C=O) groups is 1. The van der Waals surface area contributed by atoms with E-state index in [0.29, 0.717) is 13.0 Å². The Kier molecular flexibility index (Phi) is 10.4. The van der Waals surface area contributed by atoms with Crippen molar-refractivity contribution in [2.75, 3.05) is 0 Å². The number of aliphatic carboxylic acids is 1. The number of carboxylic acids is 1. The van der Waals surface area contributed by atoms with Crippen molar-refractivity contribution in [3.63, 3.8) is 0 Å². The maximum Gasteiger partial charge on any atom is 0.303 e. The lowest BCUT2D eigenvalue weighted by Gasteiger charge is -2.03. The molecule has 126 valence electrons. The number of unbranched alkanes of at least 4 members (excludes halogenated alkanes) is 6. The van der Waals surface area contributed by atoms with Crippen molar-refractivity contribution >= 4 is 5.97 Å². The minimum atomic E-state index is -0.771. The predicted octanol–water partition coefficient (Wildman–Crippen LogP) is 4.93. The number of aryl methyl sites for hydroxylation is 1. The highest BCUT2D eigenvalue weighted by atomic mass is 16.5. The summed E-state index contributed by atoms with van der Waals surface area (Å²) in [7, 11) is 0. The van der Waals surface area contributed by atoms with Gasteiger partial charge in [0.2, 0.25) is 0 Å². The first-order valence-electron chi connectivity index (χ1n) is 8.61. The zero-order valence-corrected chi connectivity index (χ0v) is 14.1. The van der Waals surface area contributed by atoms with Gasteiger partial charge in [-0.15, -0.1) is 0 Å². The molecular weight excluding hydrogens is 288 g/mol. The van der Waals surface area contributed by atoms with Crippen molar-refractivity contribution in [2.24, 2.45) is 0 Å². The van der Waals surface area contributed by atoms with E-state index in [1.807, 2.05) is 24.3 Å². The Hall–Kier alpha value is -1.95. The molecule has 3 heteroatoms. The van der Waals surface area contributed by atoms with Gasteiger partial charge in [0.05, 0.1) is 0 Å². The van der Waals surface area contributed by atoms with Gasteiger partial charge in [-0.2, -0.15) is 0 Å². The molecule has 0 bridgehead atoms. The maximum atomic E-state index is 10.6. The molecule has 0 aromatic heterocycles. The van der Waals surface area contributed by atoms with E-state index in [2.05, 4.69) is 19.0 Å². The summed E-state index contributed by atoms with van der Waals surface area (Å²) in [6.07, 6.45) is 12.0. The Balaban J connectivity index is 2.17. The monoisotopic (exact) mass is 316 g/mol. The van der Waals surface area contributed by atoms with E-state index in [9.17, 15) is 4.79 Å². The number of hydrogen-bond acceptors (Lipinski definition) is 2. The van der Waals surface area contributed by atoms with E-state index in [0.717, 1.165) is 24.0 Å². The molecule has 0 radical (unpaired) electrons. The molecule has 0 aliphatic carbocycles. The van der Waals surface area contributed by atoms with E-state index in [1.54, 1.807) is 0 Å². The molecule has 0 spiro atoms. The Morgan fingerprint density at radius 1 is 1.13 bits per heavy atom. The fraction of sp³-hybridized carbons (Fsp3) is 0.550. The molecule has 1 aromatic carbocycles. The molecule has 1 aromatic rings. The highest BCUT2D eigenvalue weighted by molar-refractivity contribution is 5.67. The second kappa shape index (κ2) is 12.6. The number of benzene rings is 1. The summed E-state index contributed by atoms with van der Waals surface area (Å²) in [6, 6.07) is 7.83. The second-order valence-electron chi connectivity index (χ2n) is 5.80. The van der Waals surface area contributed by atoms with Gasteiger partial charge in [0.15, 0.2) is 0 Å². The average Bonchev–Trinajstić information content (AvgIpc) is 2.55. The van der Waals surface area contributed by atoms with Gasteiger partial charge in [0.1, 0.15) is 12.7 Å². The molecule has 0 amide bonds. The van der Waals surface area contributed by atoms with E-state index >= 15 is 0 Å². The van der Waals surface area contributed by atoms with Crippen LogP contribution in [0.1, 0.15) is 69.4 Å². The zero-order chi connectivity index (χ0) is 16.8. The van der Waals surface area contributed by atoms with Gasteiger partial charge in [-0.3, -0.25) is 4.79 Å². The highest BCUT2D eigenvalue weighted by Crippen LogP contribution is 2.09. The Bertz CT molecular complexity index is 511. The minimum Gasteiger partial charge on any atom is -0.481 e. The van der Waals surface area contributed by atoms with E-state index in [-0.39, 0.29) is 6.42 Å². The van der Waals surface area contributed by atoms with Crippen molar-refractivity contribution < 1.29 is 14.6 Å². The molecule has 0 aliphatic heterocycles. The molecule has 0 saturated carbocycles. The summed E-state index contributed by atoms with van der Waals surface area (Å²) in [6.45, 7) is 2.68. The maximum absolute atomic E-state index is 10.6. The van der Waals surface area contributed by atoms with Crippen LogP contribution in [0.4, 0.5) is 0 Å². The Labute approximate surface area is 140 Å². The summed E-state index contributed by atoms with van der Waals surface area (Å²) >= 11 is 0. The van der Waals surface area contributed by atoms with Gasteiger partial charge in [-0.1, -0.05) is 69.2 Å². The summed E-state index contributed by atoms with van der Waals surface area (Å²) < 4.78 is 5.37. The average molecular weight is 316 g/mol. The lowest BCUT2D eigenvalue weighted by atomic mass is 10.1. The quantitative estimate of drug-likeness (QED) is 0.465. The van der Waals surface area contributed by atoms with Crippen LogP contribution >= 0.6 is 0 Å². The van der Waals surface area contributed by atoms with Crippen LogP contribution in [-0.2, 0) is 22.6 Å². The molecular formula is C20H28O3. The molecule has 0 saturated heterocycles. The topological polar surface area (TPSA) is 46.5 Å². The van der Waals surface area contributed by atoms with Crippen LogP contribution in [0.15, 0.2) is 24.3 Å². The lowest BCUT2D eigenvalue weighted by Crippen LogP contribution is -1.98. The number of rotatable bonds is 11. The smallest absolute Gasteiger partial charge is 0.303 e. The van der Waals surface area contributed by atoms with E-state index in [1.165, 1.54) is 32.1 Å². The normalized spacial score (nSPS) is 9.96. The third-order valence-corrected chi connectivity index (χ3v) is 3.66. The third kappa shape index (κ3) is 10.4. The third-order valence-electron chi connectivity index (χ3n) is 3.66. The van der Waals surface area contributed by atoms with Gasteiger partial charge in [-0.25, -0.2) is 0 Å². The highest BCUT2D eigenvalue weighted by Gasteiger charge is 2.00. The van der Waals surface area contributed by atoms with E-state index < -0.39 is 5.97 Å². The Morgan fingerprint density at radius 2 is 1.87 bits per heavy atom. The first kappa shape index (κ1) is 19.1. The van der Waals surface area contributed by atoms with Crippen LogP contribution in [0.2, 0.25) is 0 Å². The molecule has 0 unspecified atom stereocenters. The van der Waals surface area contributed by atoms with Gasteiger partial charge in [-0.05, 0) is 24.0 Å². The lowest BCUT2D eigenvalue weighted by molar-refractivity contribution is -0.136. The van der Waals surface area contributed by atoms with Gasteiger partial charge in [0.25, 0.3) is 0 Å². The van der Waals surface area contributed by atoms with Crippen molar-refractivity contribution in [2.45, 2.75) is 71.3 Å². The summed E-state index contributed by atoms with van der Waals surface area (Å²) in [5.74, 6) is 2.28.